The largest absolute Gasteiger partial charge is 0.467 e. The highest BCUT2D eigenvalue weighted by Crippen LogP contribution is 2.14. The summed E-state index contributed by atoms with van der Waals surface area (Å²) >= 11 is 0. The molecule has 1 aliphatic heterocycles. The lowest BCUT2D eigenvalue weighted by Gasteiger charge is -2.14. The van der Waals surface area contributed by atoms with Crippen molar-refractivity contribution in [3.8, 4) is 0 Å². The smallest absolute Gasteiger partial charge is 0.225 e. The highest BCUT2D eigenvalue weighted by atomic mass is 16.3. The Hall–Kier alpha value is -1.29. The number of hydrogen-bond acceptors (Lipinski definition) is 3. The minimum absolute atomic E-state index is 0.0481. The second kappa shape index (κ2) is 4.49. The van der Waals surface area contributed by atoms with Gasteiger partial charge in [0.15, 0.2) is 0 Å². The minimum atomic E-state index is -0.0481. The maximum absolute atomic E-state index is 11.8. The molecule has 0 aromatic carbocycles. The minimum Gasteiger partial charge on any atom is -0.467 e. The Kier molecular flexibility index (Phi) is 3.06. The molecule has 15 heavy (non-hydrogen) atoms. The van der Waals surface area contributed by atoms with Crippen LogP contribution in [0.3, 0.4) is 0 Å². The molecule has 1 unspecified atom stereocenters. The first-order chi connectivity index (χ1) is 7.27. The first-order valence-corrected chi connectivity index (χ1v) is 5.32. The summed E-state index contributed by atoms with van der Waals surface area (Å²) in [6.07, 6.45) is 2.55. The van der Waals surface area contributed by atoms with Gasteiger partial charge in [-0.15, -0.1) is 0 Å². The SMILES string of the molecule is C[C@@H](NC(=O)C1CCNC1)c1ccco1. The molecule has 0 radical (unpaired) electrons. The monoisotopic (exact) mass is 208 g/mol. The van der Waals surface area contributed by atoms with Crippen LogP contribution in [-0.4, -0.2) is 19.0 Å². The van der Waals surface area contributed by atoms with Crippen LogP contribution >= 0.6 is 0 Å². The summed E-state index contributed by atoms with van der Waals surface area (Å²) in [6, 6.07) is 3.65. The molecule has 1 amide bonds. The Balaban J connectivity index is 1.88. The summed E-state index contributed by atoms with van der Waals surface area (Å²) in [5.41, 5.74) is 0. The van der Waals surface area contributed by atoms with Gasteiger partial charge < -0.3 is 15.1 Å². The van der Waals surface area contributed by atoms with Crippen LogP contribution in [0.15, 0.2) is 22.8 Å². The Morgan fingerprint density at radius 3 is 3.20 bits per heavy atom. The van der Waals surface area contributed by atoms with Gasteiger partial charge in [0.25, 0.3) is 0 Å². The van der Waals surface area contributed by atoms with E-state index in [-0.39, 0.29) is 17.9 Å². The van der Waals surface area contributed by atoms with E-state index in [1.54, 1.807) is 6.26 Å². The maximum Gasteiger partial charge on any atom is 0.225 e. The molecule has 2 N–H and O–H groups in total. The summed E-state index contributed by atoms with van der Waals surface area (Å²) in [5.74, 6) is 1.03. The standard InChI is InChI=1S/C11H16N2O2/c1-8(10-3-2-6-15-10)13-11(14)9-4-5-12-7-9/h2-3,6,8-9,12H,4-5,7H2,1H3,(H,13,14)/t8-,9?/m1/s1. The molecule has 2 atom stereocenters. The Labute approximate surface area is 89.0 Å². The summed E-state index contributed by atoms with van der Waals surface area (Å²) in [7, 11) is 0. The van der Waals surface area contributed by atoms with Crippen molar-refractivity contribution in [1.29, 1.82) is 0 Å². The number of amides is 1. The van der Waals surface area contributed by atoms with Crippen molar-refractivity contribution in [3.05, 3.63) is 24.2 Å². The number of carbonyl (C=O) groups is 1. The lowest BCUT2D eigenvalue weighted by atomic mass is 10.1. The average Bonchev–Trinajstić information content (AvgIpc) is 2.91. The van der Waals surface area contributed by atoms with Crippen LogP contribution in [0.1, 0.15) is 25.1 Å². The Bertz CT molecular complexity index is 315. The number of hydrogen-bond donors (Lipinski definition) is 2. The predicted molar refractivity (Wildman–Crippen MR) is 56.2 cm³/mol. The van der Waals surface area contributed by atoms with Crippen molar-refractivity contribution >= 4 is 5.91 Å². The molecule has 4 nitrogen and oxygen atoms in total. The fraction of sp³-hybridized carbons (Fsp3) is 0.545. The molecule has 1 aliphatic rings. The van der Waals surface area contributed by atoms with Crippen molar-refractivity contribution in [1.82, 2.24) is 10.6 Å². The van der Waals surface area contributed by atoms with Gasteiger partial charge in [-0.25, -0.2) is 0 Å². The van der Waals surface area contributed by atoms with E-state index in [9.17, 15) is 4.79 Å². The normalized spacial score (nSPS) is 22.6. The number of furan rings is 1. The molecule has 2 heterocycles. The van der Waals surface area contributed by atoms with Crippen LogP contribution in [0, 0.1) is 5.92 Å². The van der Waals surface area contributed by atoms with Gasteiger partial charge in [0.05, 0.1) is 18.2 Å². The molecule has 1 aromatic rings. The number of rotatable bonds is 3. The second-order valence-corrected chi connectivity index (χ2v) is 3.94. The first-order valence-electron chi connectivity index (χ1n) is 5.32. The highest BCUT2D eigenvalue weighted by molar-refractivity contribution is 5.79. The van der Waals surface area contributed by atoms with Gasteiger partial charge >= 0.3 is 0 Å². The summed E-state index contributed by atoms with van der Waals surface area (Å²) in [5, 5.41) is 6.13. The van der Waals surface area contributed by atoms with Gasteiger partial charge in [-0.05, 0) is 32.0 Å². The third kappa shape index (κ3) is 2.39. The van der Waals surface area contributed by atoms with E-state index >= 15 is 0 Å². The van der Waals surface area contributed by atoms with E-state index in [1.165, 1.54) is 0 Å². The maximum atomic E-state index is 11.8. The molecule has 0 aliphatic carbocycles. The Morgan fingerprint density at radius 1 is 1.73 bits per heavy atom. The fourth-order valence-corrected chi connectivity index (χ4v) is 1.82. The average molecular weight is 208 g/mol. The zero-order valence-electron chi connectivity index (χ0n) is 8.82. The van der Waals surface area contributed by atoms with Gasteiger partial charge in [-0.1, -0.05) is 0 Å². The van der Waals surface area contributed by atoms with E-state index in [1.807, 2.05) is 19.1 Å². The second-order valence-electron chi connectivity index (χ2n) is 3.94. The van der Waals surface area contributed by atoms with Crippen LogP contribution in [0.2, 0.25) is 0 Å². The highest BCUT2D eigenvalue weighted by Gasteiger charge is 2.24. The summed E-state index contributed by atoms with van der Waals surface area (Å²) in [6.45, 7) is 3.66. The molecule has 0 spiro atoms. The van der Waals surface area contributed by atoms with Gasteiger partial charge in [-0.2, -0.15) is 0 Å². The van der Waals surface area contributed by atoms with E-state index < -0.39 is 0 Å². The molecule has 4 heteroatoms. The first kappa shape index (κ1) is 10.2. The van der Waals surface area contributed by atoms with Crippen molar-refractivity contribution in [2.45, 2.75) is 19.4 Å². The van der Waals surface area contributed by atoms with Crippen molar-refractivity contribution in [2.75, 3.05) is 13.1 Å². The van der Waals surface area contributed by atoms with Crippen molar-refractivity contribution in [2.24, 2.45) is 5.92 Å². The van der Waals surface area contributed by atoms with Gasteiger partial charge in [0.2, 0.25) is 5.91 Å². The zero-order chi connectivity index (χ0) is 10.7. The quantitative estimate of drug-likeness (QED) is 0.781. The topological polar surface area (TPSA) is 54.3 Å². The molecule has 82 valence electrons. The van der Waals surface area contributed by atoms with Gasteiger partial charge in [0, 0.05) is 6.54 Å². The van der Waals surface area contributed by atoms with Crippen LogP contribution in [0.4, 0.5) is 0 Å². The lowest BCUT2D eigenvalue weighted by Crippen LogP contribution is -2.33. The van der Waals surface area contributed by atoms with Gasteiger partial charge in [-0.3, -0.25) is 4.79 Å². The van der Waals surface area contributed by atoms with Crippen LogP contribution < -0.4 is 10.6 Å². The van der Waals surface area contributed by atoms with E-state index in [0.717, 1.165) is 25.3 Å². The lowest BCUT2D eigenvalue weighted by molar-refractivity contribution is -0.125. The zero-order valence-corrected chi connectivity index (χ0v) is 8.82. The number of nitrogens with one attached hydrogen (secondary N) is 2. The molecule has 0 bridgehead atoms. The predicted octanol–water partition coefficient (Wildman–Crippen LogP) is 1.07. The van der Waals surface area contributed by atoms with Gasteiger partial charge in [0.1, 0.15) is 5.76 Å². The third-order valence-electron chi connectivity index (χ3n) is 2.76. The van der Waals surface area contributed by atoms with Crippen molar-refractivity contribution in [3.63, 3.8) is 0 Å². The van der Waals surface area contributed by atoms with E-state index in [0.29, 0.717) is 0 Å². The Morgan fingerprint density at radius 2 is 2.60 bits per heavy atom. The van der Waals surface area contributed by atoms with E-state index in [2.05, 4.69) is 10.6 Å². The van der Waals surface area contributed by atoms with Crippen LogP contribution in [-0.2, 0) is 4.79 Å². The molecule has 2 rings (SSSR count). The molecule has 1 fully saturated rings. The van der Waals surface area contributed by atoms with Crippen LogP contribution in [0.25, 0.3) is 0 Å². The summed E-state index contributed by atoms with van der Waals surface area (Å²) in [4.78, 5) is 11.8. The third-order valence-corrected chi connectivity index (χ3v) is 2.76. The molecule has 1 saturated heterocycles. The molecule has 0 saturated carbocycles. The molecule has 1 aromatic heterocycles. The summed E-state index contributed by atoms with van der Waals surface area (Å²) < 4.78 is 5.23. The molecular formula is C11H16N2O2. The van der Waals surface area contributed by atoms with Crippen molar-refractivity contribution < 1.29 is 9.21 Å². The van der Waals surface area contributed by atoms with Crippen LogP contribution in [0.5, 0.6) is 0 Å². The molecular weight excluding hydrogens is 192 g/mol. The van der Waals surface area contributed by atoms with E-state index in [4.69, 9.17) is 4.42 Å². The fourth-order valence-electron chi connectivity index (χ4n) is 1.82. The number of carbonyl (C=O) groups excluding carboxylic acids is 1.